The molecule has 1 fully saturated rings. The summed E-state index contributed by atoms with van der Waals surface area (Å²) in [5.74, 6) is 0.402. The first kappa shape index (κ1) is 15.2. The number of carbonyl (C=O) groups excluding carboxylic acids is 1. The van der Waals surface area contributed by atoms with Crippen molar-refractivity contribution in [1.82, 2.24) is 4.90 Å². The van der Waals surface area contributed by atoms with Gasteiger partial charge in [-0.3, -0.25) is 9.69 Å². The van der Waals surface area contributed by atoms with Gasteiger partial charge in [-0.05, 0) is 45.0 Å². The van der Waals surface area contributed by atoms with E-state index in [2.05, 4.69) is 38.1 Å². The molecule has 0 unspecified atom stereocenters. The Bertz CT molecular complexity index is 456. The molecule has 0 N–H and O–H groups in total. The number of nitrogens with zero attached hydrogens (tertiary/aromatic N) is 1. The van der Waals surface area contributed by atoms with E-state index in [-0.39, 0.29) is 5.54 Å². The number of hydrogen-bond donors (Lipinski definition) is 0. The Kier molecular flexibility index (Phi) is 4.98. The average Bonchev–Trinajstić information content (AvgIpc) is 2.68. The minimum Gasteiger partial charge on any atom is -0.297 e. The Morgan fingerprint density at radius 3 is 2.25 bits per heavy atom. The summed E-state index contributed by atoms with van der Waals surface area (Å²) in [6.07, 6.45) is 7.51. The van der Waals surface area contributed by atoms with Crippen LogP contribution in [0, 0.1) is 6.92 Å². The van der Waals surface area contributed by atoms with Gasteiger partial charge < -0.3 is 0 Å². The van der Waals surface area contributed by atoms with Crippen LogP contribution in [0.3, 0.4) is 0 Å². The lowest BCUT2D eigenvalue weighted by Gasteiger charge is -2.38. The smallest absolute Gasteiger partial charge is 0.157 e. The first-order valence-electron chi connectivity index (χ1n) is 7.81. The molecule has 0 aliphatic heterocycles. The van der Waals surface area contributed by atoms with E-state index in [0.29, 0.717) is 12.2 Å². The van der Waals surface area contributed by atoms with Crippen molar-refractivity contribution >= 4 is 5.78 Å². The van der Waals surface area contributed by atoms with Gasteiger partial charge >= 0.3 is 0 Å². The standard InChI is InChI=1S/C18H27NO/c1-15-10-6-7-11-16(15)14-17(20)18(19(2)3)12-8-4-5-9-13-18/h6-7,10-11H,4-5,8-9,12-14H2,1-3H3. The number of rotatable bonds is 4. The van der Waals surface area contributed by atoms with Gasteiger partial charge in [0.25, 0.3) is 0 Å². The molecule has 0 saturated heterocycles. The molecular weight excluding hydrogens is 246 g/mol. The van der Waals surface area contributed by atoms with Crippen LogP contribution >= 0.6 is 0 Å². The van der Waals surface area contributed by atoms with Crippen LogP contribution in [-0.2, 0) is 11.2 Å². The number of benzene rings is 1. The Morgan fingerprint density at radius 1 is 1.10 bits per heavy atom. The highest BCUT2D eigenvalue weighted by Crippen LogP contribution is 2.33. The molecule has 1 aromatic carbocycles. The fourth-order valence-electron chi connectivity index (χ4n) is 3.43. The summed E-state index contributed by atoms with van der Waals surface area (Å²) in [6, 6.07) is 8.26. The van der Waals surface area contributed by atoms with Crippen molar-refractivity contribution in [3.05, 3.63) is 35.4 Å². The van der Waals surface area contributed by atoms with Gasteiger partial charge in [0.05, 0.1) is 5.54 Å². The molecule has 0 heterocycles. The predicted octanol–water partition coefficient (Wildman–Crippen LogP) is 3.76. The van der Waals surface area contributed by atoms with E-state index in [0.717, 1.165) is 12.8 Å². The zero-order valence-electron chi connectivity index (χ0n) is 13.1. The van der Waals surface area contributed by atoms with Crippen LogP contribution in [-0.4, -0.2) is 30.3 Å². The number of carbonyl (C=O) groups is 1. The van der Waals surface area contributed by atoms with Gasteiger partial charge in [0, 0.05) is 6.42 Å². The zero-order valence-corrected chi connectivity index (χ0v) is 13.1. The second-order valence-electron chi connectivity index (χ2n) is 6.37. The van der Waals surface area contributed by atoms with Crippen molar-refractivity contribution < 1.29 is 4.79 Å². The Labute approximate surface area is 123 Å². The van der Waals surface area contributed by atoms with E-state index >= 15 is 0 Å². The maximum Gasteiger partial charge on any atom is 0.157 e. The van der Waals surface area contributed by atoms with Crippen LogP contribution in [0.5, 0.6) is 0 Å². The second kappa shape index (κ2) is 6.53. The molecule has 0 amide bonds. The van der Waals surface area contributed by atoms with Crippen molar-refractivity contribution in [1.29, 1.82) is 0 Å². The Balaban J connectivity index is 2.21. The van der Waals surface area contributed by atoms with Crippen LogP contribution in [0.4, 0.5) is 0 Å². The fourth-order valence-corrected chi connectivity index (χ4v) is 3.43. The number of aryl methyl sites for hydroxylation is 1. The largest absolute Gasteiger partial charge is 0.297 e. The van der Waals surface area contributed by atoms with Crippen LogP contribution in [0.1, 0.15) is 49.7 Å². The highest BCUT2D eigenvalue weighted by Gasteiger charge is 2.39. The maximum atomic E-state index is 13.0. The van der Waals surface area contributed by atoms with Crippen LogP contribution < -0.4 is 0 Å². The van der Waals surface area contributed by atoms with Gasteiger partial charge in [-0.15, -0.1) is 0 Å². The third kappa shape index (κ3) is 3.12. The topological polar surface area (TPSA) is 20.3 Å². The third-order valence-corrected chi connectivity index (χ3v) is 4.92. The zero-order chi connectivity index (χ0) is 14.6. The van der Waals surface area contributed by atoms with Crippen LogP contribution in [0.15, 0.2) is 24.3 Å². The van der Waals surface area contributed by atoms with Gasteiger partial charge in [0.15, 0.2) is 5.78 Å². The molecule has 110 valence electrons. The van der Waals surface area contributed by atoms with Crippen molar-refractivity contribution in [3.63, 3.8) is 0 Å². The second-order valence-corrected chi connectivity index (χ2v) is 6.37. The summed E-state index contributed by atoms with van der Waals surface area (Å²) in [4.78, 5) is 15.2. The van der Waals surface area contributed by atoms with Gasteiger partial charge in [-0.2, -0.15) is 0 Å². The van der Waals surface area contributed by atoms with Crippen molar-refractivity contribution in [2.75, 3.05) is 14.1 Å². The first-order valence-corrected chi connectivity index (χ1v) is 7.81. The summed E-state index contributed by atoms with van der Waals surface area (Å²) < 4.78 is 0. The highest BCUT2D eigenvalue weighted by atomic mass is 16.1. The molecule has 2 rings (SSSR count). The molecule has 1 aromatic rings. The number of Topliss-reactive ketones (excluding diaryl/α,β-unsaturated/α-hetero) is 1. The van der Waals surface area contributed by atoms with Crippen molar-refractivity contribution in [2.24, 2.45) is 0 Å². The molecule has 0 atom stereocenters. The summed E-state index contributed by atoms with van der Waals surface area (Å²) in [5.41, 5.74) is 2.17. The normalized spacial score (nSPS) is 18.8. The molecule has 20 heavy (non-hydrogen) atoms. The van der Waals surface area contributed by atoms with Gasteiger partial charge in [0.2, 0.25) is 0 Å². The third-order valence-electron chi connectivity index (χ3n) is 4.92. The van der Waals surface area contributed by atoms with E-state index in [4.69, 9.17) is 0 Å². The Morgan fingerprint density at radius 2 is 1.70 bits per heavy atom. The van der Waals surface area contributed by atoms with Crippen LogP contribution in [0.2, 0.25) is 0 Å². The summed E-state index contributed by atoms with van der Waals surface area (Å²) in [6.45, 7) is 2.10. The number of likely N-dealkylation sites (N-methyl/N-ethyl adjacent to an activating group) is 1. The lowest BCUT2D eigenvalue weighted by molar-refractivity contribution is -0.130. The lowest BCUT2D eigenvalue weighted by atomic mass is 9.81. The SMILES string of the molecule is Cc1ccccc1CC(=O)C1(N(C)C)CCCCCC1. The number of hydrogen-bond acceptors (Lipinski definition) is 2. The minimum atomic E-state index is -0.237. The van der Waals surface area contributed by atoms with Crippen molar-refractivity contribution in [3.8, 4) is 0 Å². The molecule has 2 nitrogen and oxygen atoms in total. The van der Waals surface area contributed by atoms with E-state index in [9.17, 15) is 4.79 Å². The summed E-state index contributed by atoms with van der Waals surface area (Å²) in [7, 11) is 4.14. The lowest BCUT2D eigenvalue weighted by Crippen LogP contribution is -2.51. The quantitative estimate of drug-likeness (QED) is 0.779. The van der Waals surface area contributed by atoms with Gasteiger partial charge in [0.1, 0.15) is 0 Å². The fraction of sp³-hybridized carbons (Fsp3) is 0.611. The van der Waals surface area contributed by atoms with E-state index in [1.165, 1.54) is 36.8 Å². The molecule has 1 aliphatic carbocycles. The minimum absolute atomic E-state index is 0.237. The molecule has 2 heteroatoms. The van der Waals surface area contributed by atoms with E-state index < -0.39 is 0 Å². The van der Waals surface area contributed by atoms with E-state index in [1.54, 1.807) is 0 Å². The molecule has 1 aliphatic rings. The predicted molar refractivity (Wildman–Crippen MR) is 84.0 cm³/mol. The van der Waals surface area contributed by atoms with Gasteiger partial charge in [-0.1, -0.05) is 49.9 Å². The molecule has 0 bridgehead atoms. The summed E-state index contributed by atoms with van der Waals surface area (Å²) >= 11 is 0. The number of ketones is 1. The van der Waals surface area contributed by atoms with Gasteiger partial charge in [-0.25, -0.2) is 0 Å². The van der Waals surface area contributed by atoms with E-state index in [1.807, 2.05) is 12.1 Å². The maximum absolute atomic E-state index is 13.0. The monoisotopic (exact) mass is 273 g/mol. The van der Waals surface area contributed by atoms with Crippen LogP contribution in [0.25, 0.3) is 0 Å². The first-order chi connectivity index (χ1) is 9.56. The average molecular weight is 273 g/mol. The van der Waals surface area contributed by atoms with Crippen molar-refractivity contribution in [2.45, 2.75) is 57.4 Å². The molecule has 0 radical (unpaired) electrons. The molecule has 1 saturated carbocycles. The summed E-state index contributed by atoms with van der Waals surface area (Å²) in [5, 5.41) is 0. The molecular formula is C18H27NO. The molecule has 0 aromatic heterocycles. The Hall–Kier alpha value is -1.15. The highest BCUT2D eigenvalue weighted by molar-refractivity contribution is 5.90. The molecule has 0 spiro atoms.